The van der Waals surface area contributed by atoms with Gasteiger partial charge in [0.05, 0.1) is 0 Å². The van der Waals surface area contributed by atoms with Crippen LogP contribution in [0.2, 0.25) is 0 Å². The topological polar surface area (TPSA) is 38.7 Å². The third-order valence-corrected chi connectivity index (χ3v) is 10.1. The molecule has 0 spiro atoms. The molecule has 0 amide bonds. The summed E-state index contributed by atoms with van der Waals surface area (Å²) in [6.45, 7) is 0. The van der Waals surface area contributed by atoms with Gasteiger partial charge in [0.15, 0.2) is 17.5 Å². The Labute approximate surface area is 301 Å². The minimum absolute atomic E-state index is 0.643. The van der Waals surface area contributed by atoms with Gasteiger partial charge in [-0.1, -0.05) is 170 Å². The molecule has 52 heavy (non-hydrogen) atoms. The lowest BCUT2D eigenvalue weighted by Crippen LogP contribution is -2.01. The lowest BCUT2D eigenvalue weighted by atomic mass is 9.92. The molecule has 1 aromatic heterocycles. The van der Waals surface area contributed by atoms with Crippen LogP contribution in [0, 0.1) is 0 Å². The second-order valence-electron chi connectivity index (χ2n) is 13.2. The summed E-state index contributed by atoms with van der Waals surface area (Å²) in [6, 6.07) is 66.5. The van der Waals surface area contributed by atoms with Crippen LogP contribution in [-0.4, -0.2) is 15.0 Å². The van der Waals surface area contributed by atoms with Crippen LogP contribution in [0.5, 0.6) is 0 Å². The van der Waals surface area contributed by atoms with E-state index >= 15 is 0 Å². The van der Waals surface area contributed by atoms with Gasteiger partial charge in [0, 0.05) is 22.1 Å². The van der Waals surface area contributed by atoms with Crippen molar-refractivity contribution in [2.24, 2.45) is 0 Å². The van der Waals surface area contributed by atoms with Gasteiger partial charge < -0.3 is 0 Å². The van der Waals surface area contributed by atoms with E-state index in [1.165, 1.54) is 32.7 Å². The third-order valence-electron chi connectivity index (χ3n) is 10.1. The second kappa shape index (κ2) is 12.4. The zero-order valence-electron chi connectivity index (χ0n) is 28.2. The molecule has 0 N–H and O–H groups in total. The van der Waals surface area contributed by atoms with Crippen LogP contribution in [0.4, 0.5) is 0 Å². The Kier molecular flexibility index (Phi) is 7.14. The van der Waals surface area contributed by atoms with Crippen molar-refractivity contribution in [2.45, 2.75) is 0 Å². The molecule has 0 aliphatic carbocycles. The second-order valence-corrected chi connectivity index (χ2v) is 13.2. The minimum atomic E-state index is 0.643. The van der Waals surface area contributed by atoms with Crippen LogP contribution in [0.1, 0.15) is 0 Å². The van der Waals surface area contributed by atoms with Gasteiger partial charge in [-0.2, -0.15) is 0 Å². The van der Waals surface area contributed by atoms with E-state index in [4.69, 9.17) is 15.0 Å². The predicted molar refractivity (Wildman–Crippen MR) is 217 cm³/mol. The van der Waals surface area contributed by atoms with E-state index in [-0.39, 0.29) is 0 Å². The first-order chi connectivity index (χ1) is 25.8. The molecule has 242 valence electrons. The van der Waals surface area contributed by atoms with Gasteiger partial charge in [-0.25, -0.2) is 15.0 Å². The zero-order valence-corrected chi connectivity index (χ0v) is 28.2. The van der Waals surface area contributed by atoms with Crippen molar-refractivity contribution in [3.63, 3.8) is 0 Å². The Morgan fingerprint density at radius 1 is 0.250 bits per heavy atom. The Bertz CT molecular complexity index is 2950. The van der Waals surface area contributed by atoms with Crippen molar-refractivity contribution in [3.05, 3.63) is 188 Å². The summed E-state index contributed by atoms with van der Waals surface area (Å²) in [5.41, 5.74) is 7.61. The minimum Gasteiger partial charge on any atom is -0.208 e. The first kappa shape index (κ1) is 29.9. The van der Waals surface area contributed by atoms with Gasteiger partial charge in [-0.3, -0.25) is 0 Å². The van der Waals surface area contributed by atoms with Crippen LogP contribution < -0.4 is 0 Å². The molecule has 0 fully saturated rings. The Morgan fingerprint density at radius 2 is 0.788 bits per heavy atom. The number of fused-ring (bicyclic) bond motifs is 5. The number of hydrogen-bond donors (Lipinski definition) is 0. The molecule has 3 heteroatoms. The molecule has 10 rings (SSSR count). The Hall–Kier alpha value is -6.97. The third kappa shape index (κ3) is 5.19. The van der Waals surface area contributed by atoms with E-state index in [2.05, 4.69) is 170 Å². The molecule has 0 bridgehead atoms. The normalized spacial score (nSPS) is 11.5. The monoisotopic (exact) mass is 661 g/mol. The molecule has 1 heterocycles. The van der Waals surface area contributed by atoms with Crippen molar-refractivity contribution in [2.75, 3.05) is 0 Å². The van der Waals surface area contributed by atoms with Gasteiger partial charge in [-0.05, 0) is 78.2 Å². The number of hydrogen-bond acceptors (Lipinski definition) is 3. The maximum atomic E-state index is 5.20. The van der Waals surface area contributed by atoms with Crippen LogP contribution in [0.3, 0.4) is 0 Å². The Morgan fingerprint density at radius 3 is 1.54 bits per heavy atom. The molecule has 0 unspecified atom stereocenters. The van der Waals surface area contributed by atoms with Gasteiger partial charge in [0.2, 0.25) is 0 Å². The van der Waals surface area contributed by atoms with Gasteiger partial charge in [-0.15, -0.1) is 0 Å². The highest BCUT2D eigenvalue weighted by Crippen LogP contribution is 2.38. The van der Waals surface area contributed by atoms with E-state index in [1.54, 1.807) is 0 Å². The van der Waals surface area contributed by atoms with Gasteiger partial charge in [0.1, 0.15) is 0 Å². The summed E-state index contributed by atoms with van der Waals surface area (Å²) in [4.78, 5) is 15.4. The maximum Gasteiger partial charge on any atom is 0.164 e. The molecule has 0 saturated heterocycles. The van der Waals surface area contributed by atoms with Crippen LogP contribution in [0.25, 0.3) is 99.5 Å². The largest absolute Gasteiger partial charge is 0.208 e. The average molecular weight is 662 g/mol. The molecule has 3 nitrogen and oxygen atoms in total. The standard InChI is InChI=1S/C49H31N3/c1-3-13-32(14-4-1)41-23-11-18-33-19-12-24-44(46(33)41)49-51-47(34-15-5-2-6-16-34)50-48(52-49)39-28-26-35-29-38(27-25-36(35)30-39)45-31-37-17-7-8-20-40(37)42-21-9-10-22-43(42)45/h1-31H. The van der Waals surface area contributed by atoms with Gasteiger partial charge >= 0.3 is 0 Å². The van der Waals surface area contributed by atoms with E-state index in [9.17, 15) is 0 Å². The van der Waals surface area contributed by atoms with Crippen LogP contribution in [-0.2, 0) is 0 Å². The van der Waals surface area contributed by atoms with Crippen molar-refractivity contribution in [1.29, 1.82) is 0 Å². The molecule has 0 saturated carbocycles. The molecule has 0 atom stereocenters. The summed E-state index contributed by atoms with van der Waals surface area (Å²) in [6.07, 6.45) is 0. The lowest BCUT2D eigenvalue weighted by molar-refractivity contribution is 1.08. The Balaban J connectivity index is 1.13. The van der Waals surface area contributed by atoms with Crippen LogP contribution in [0.15, 0.2) is 188 Å². The quantitative estimate of drug-likeness (QED) is 0.172. The van der Waals surface area contributed by atoms with E-state index in [0.717, 1.165) is 49.4 Å². The molecule has 9 aromatic carbocycles. The molecular formula is C49H31N3. The maximum absolute atomic E-state index is 5.20. The number of rotatable bonds is 5. The predicted octanol–water partition coefficient (Wildman–Crippen LogP) is 12.8. The zero-order chi connectivity index (χ0) is 34.4. The molecule has 0 aliphatic heterocycles. The molecule has 0 aliphatic rings. The van der Waals surface area contributed by atoms with Crippen LogP contribution >= 0.6 is 0 Å². The first-order valence-corrected chi connectivity index (χ1v) is 17.6. The smallest absolute Gasteiger partial charge is 0.164 e. The fraction of sp³-hybridized carbons (Fsp3) is 0. The molecule has 10 aromatic rings. The van der Waals surface area contributed by atoms with Crippen molar-refractivity contribution in [3.8, 4) is 56.4 Å². The van der Waals surface area contributed by atoms with Gasteiger partial charge in [0.25, 0.3) is 0 Å². The molecular weight excluding hydrogens is 631 g/mol. The lowest BCUT2D eigenvalue weighted by Gasteiger charge is -2.14. The molecule has 0 radical (unpaired) electrons. The summed E-state index contributed by atoms with van der Waals surface area (Å²) in [7, 11) is 0. The fourth-order valence-corrected chi connectivity index (χ4v) is 7.57. The number of aromatic nitrogens is 3. The highest BCUT2D eigenvalue weighted by molar-refractivity contribution is 6.14. The number of nitrogens with zero attached hydrogens (tertiary/aromatic N) is 3. The van der Waals surface area contributed by atoms with Crippen molar-refractivity contribution < 1.29 is 0 Å². The van der Waals surface area contributed by atoms with E-state index < -0.39 is 0 Å². The fourth-order valence-electron chi connectivity index (χ4n) is 7.57. The SMILES string of the molecule is c1ccc(-c2nc(-c3ccc4cc(-c5cc6ccccc6c6ccccc56)ccc4c3)nc(-c3cccc4cccc(-c5ccccc5)c34)n2)cc1. The summed E-state index contributed by atoms with van der Waals surface area (Å²) in [5, 5.41) is 9.61. The summed E-state index contributed by atoms with van der Waals surface area (Å²) in [5.74, 6) is 1.94. The summed E-state index contributed by atoms with van der Waals surface area (Å²) < 4.78 is 0. The number of benzene rings is 9. The average Bonchev–Trinajstić information content (AvgIpc) is 3.23. The van der Waals surface area contributed by atoms with Crippen molar-refractivity contribution in [1.82, 2.24) is 15.0 Å². The van der Waals surface area contributed by atoms with E-state index in [1.807, 2.05) is 18.2 Å². The highest BCUT2D eigenvalue weighted by atomic mass is 15.0. The highest BCUT2D eigenvalue weighted by Gasteiger charge is 2.17. The summed E-state index contributed by atoms with van der Waals surface area (Å²) >= 11 is 0. The van der Waals surface area contributed by atoms with Crippen molar-refractivity contribution >= 4 is 43.1 Å². The first-order valence-electron chi connectivity index (χ1n) is 17.6. The van der Waals surface area contributed by atoms with E-state index in [0.29, 0.717) is 17.5 Å².